The summed E-state index contributed by atoms with van der Waals surface area (Å²) in [7, 11) is 3.08. The minimum atomic E-state index is -1.19. The molecule has 2 aromatic rings. The van der Waals surface area contributed by atoms with E-state index in [1.165, 1.54) is 30.0 Å². The smallest absolute Gasteiger partial charge is 0.259 e. The minimum absolute atomic E-state index is 0.188. The van der Waals surface area contributed by atoms with Crippen molar-refractivity contribution in [2.45, 2.75) is 0 Å². The van der Waals surface area contributed by atoms with Gasteiger partial charge in [0.05, 0.1) is 12.7 Å². The van der Waals surface area contributed by atoms with Gasteiger partial charge in [0, 0.05) is 13.1 Å². The molecule has 1 heterocycles. The van der Waals surface area contributed by atoms with E-state index in [0.29, 0.717) is 5.88 Å². The van der Waals surface area contributed by atoms with E-state index in [4.69, 9.17) is 4.74 Å². The molecule has 100 valence electrons. The molecular formula is C12H11F2N3O2. The number of carbonyl (C=O) groups excluding carboxylic acids is 1. The van der Waals surface area contributed by atoms with Gasteiger partial charge in [0.25, 0.3) is 5.91 Å². The van der Waals surface area contributed by atoms with E-state index in [1.54, 1.807) is 7.05 Å². The monoisotopic (exact) mass is 267 g/mol. The molecule has 0 bridgehead atoms. The maximum Gasteiger partial charge on any atom is 0.259 e. The first-order chi connectivity index (χ1) is 9.02. The van der Waals surface area contributed by atoms with Crippen LogP contribution in [0.25, 0.3) is 0 Å². The van der Waals surface area contributed by atoms with Crippen molar-refractivity contribution in [3.63, 3.8) is 0 Å². The topological polar surface area (TPSA) is 56.1 Å². The molecule has 2 rings (SSSR count). The van der Waals surface area contributed by atoms with E-state index in [2.05, 4.69) is 10.4 Å². The fraction of sp³-hybridized carbons (Fsp3) is 0.167. The molecule has 0 saturated heterocycles. The average Bonchev–Trinajstić information content (AvgIpc) is 2.72. The molecule has 1 amide bonds. The molecule has 1 aromatic heterocycles. The number of carbonyl (C=O) groups is 1. The van der Waals surface area contributed by atoms with Gasteiger partial charge in [-0.3, -0.25) is 4.79 Å². The normalized spacial score (nSPS) is 10.3. The lowest BCUT2D eigenvalue weighted by Crippen LogP contribution is -2.15. The lowest BCUT2D eigenvalue weighted by Gasteiger charge is -2.03. The largest absolute Gasteiger partial charge is 0.481 e. The molecule has 0 aliphatic heterocycles. The van der Waals surface area contributed by atoms with E-state index in [-0.39, 0.29) is 11.4 Å². The Morgan fingerprint density at radius 2 is 2.16 bits per heavy atom. The Balaban J connectivity index is 2.23. The number of anilines is 1. The van der Waals surface area contributed by atoms with Crippen LogP contribution in [-0.4, -0.2) is 22.8 Å². The second-order valence-electron chi connectivity index (χ2n) is 3.75. The molecule has 7 heteroatoms. The standard InChI is InChI=1S/C12H11F2N3O2/c1-17-10(19-2)6-9(16-17)15-12(18)7-4-3-5-8(13)11(7)14/h3-6H,1-2H3,(H,15,16,18). The van der Waals surface area contributed by atoms with Gasteiger partial charge in [0.2, 0.25) is 5.88 Å². The van der Waals surface area contributed by atoms with Crippen LogP contribution in [0.2, 0.25) is 0 Å². The van der Waals surface area contributed by atoms with E-state index < -0.39 is 17.5 Å². The van der Waals surface area contributed by atoms with E-state index in [1.807, 2.05) is 0 Å². The van der Waals surface area contributed by atoms with Gasteiger partial charge in [0.1, 0.15) is 0 Å². The zero-order valence-corrected chi connectivity index (χ0v) is 10.3. The first kappa shape index (κ1) is 13.0. The second-order valence-corrected chi connectivity index (χ2v) is 3.75. The Bertz CT molecular complexity index is 625. The van der Waals surface area contributed by atoms with Gasteiger partial charge >= 0.3 is 0 Å². The third kappa shape index (κ3) is 2.54. The van der Waals surface area contributed by atoms with Gasteiger partial charge < -0.3 is 10.1 Å². The number of benzene rings is 1. The third-order valence-corrected chi connectivity index (χ3v) is 2.48. The van der Waals surface area contributed by atoms with Gasteiger partial charge in [-0.15, -0.1) is 0 Å². The maximum atomic E-state index is 13.4. The highest BCUT2D eigenvalue weighted by Gasteiger charge is 2.16. The van der Waals surface area contributed by atoms with Gasteiger partial charge in [-0.2, -0.15) is 5.10 Å². The van der Waals surface area contributed by atoms with Gasteiger partial charge in [0.15, 0.2) is 17.5 Å². The van der Waals surface area contributed by atoms with Crippen molar-refractivity contribution in [2.75, 3.05) is 12.4 Å². The molecule has 19 heavy (non-hydrogen) atoms. The lowest BCUT2D eigenvalue weighted by molar-refractivity contribution is 0.102. The number of hydrogen-bond donors (Lipinski definition) is 1. The Labute approximate surface area is 107 Å². The SMILES string of the molecule is COc1cc(NC(=O)c2cccc(F)c2F)nn1C. The minimum Gasteiger partial charge on any atom is -0.481 e. The summed E-state index contributed by atoms with van der Waals surface area (Å²) in [5.41, 5.74) is -0.385. The van der Waals surface area contributed by atoms with Crippen molar-refractivity contribution < 1.29 is 18.3 Å². The summed E-state index contributed by atoms with van der Waals surface area (Å²) < 4.78 is 32.8. The fourth-order valence-electron chi connectivity index (χ4n) is 1.57. The number of halogens is 2. The zero-order chi connectivity index (χ0) is 14.0. The van der Waals surface area contributed by atoms with Crippen molar-refractivity contribution in [3.05, 3.63) is 41.5 Å². The Morgan fingerprint density at radius 1 is 1.42 bits per heavy atom. The molecule has 0 atom stereocenters. The summed E-state index contributed by atoms with van der Waals surface area (Å²) >= 11 is 0. The second kappa shape index (κ2) is 5.05. The number of hydrogen-bond acceptors (Lipinski definition) is 3. The molecular weight excluding hydrogens is 256 g/mol. The predicted octanol–water partition coefficient (Wildman–Crippen LogP) is 1.96. The first-order valence-electron chi connectivity index (χ1n) is 5.36. The number of aryl methyl sites for hydroxylation is 1. The summed E-state index contributed by atoms with van der Waals surface area (Å²) in [6, 6.07) is 4.85. The van der Waals surface area contributed by atoms with Crippen LogP contribution in [0, 0.1) is 11.6 Å². The first-order valence-corrected chi connectivity index (χ1v) is 5.36. The van der Waals surface area contributed by atoms with E-state index in [9.17, 15) is 13.6 Å². The number of amides is 1. The highest BCUT2D eigenvalue weighted by Crippen LogP contribution is 2.17. The Morgan fingerprint density at radius 3 is 2.79 bits per heavy atom. The van der Waals surface area contributed by atoms with E-state index in [0.717, 1.165) is 6.07 Å². The van der Waals surface area contributed by atoms with Gasteiger partial charge in [-0.05, 0) is 12.1 Å². The zero-order valence-electron chi connectivity index (χ0n) is 10.3. The van der Waals surface area contributed by atoms with Gasteiger partial charge in [-0.1, -0.05) is 6.07 Å². The predicted molar refractivity (Wildman–Crippen MR) is 64.1 cm³/mol. The summed E-state index contributed by atoms with van der Waals surface area (Å²) in [6.45, 7) is 0. The van der Waals surface area contributed by atoms with Crippen LogP contribution >= 0.6 is 0 Å². The molecule has 0 fully saturated rings. The van der Waals surface area contributed by atoms with Crippen molar-refractivity contribution >= 4 is 11.7 Å². The fourth-order valence-corrected chi connectivity index (χ4v) is 1.57. The number of methoxy groups -OCH3 is 1. The molecule has 0 aliphatic carbocycles. The van der Waals surface area contributed by atoms with Crippen LogP contribution < -0.4 is 10.1 Å². The van der Waals surface area contributed by atoms with Crippen LogP contribution in [0.15, 0.2) is 24.3 Å². The van der Waals surface area contributed by atoms with Crippen LogP contribution in [0.3, 0.4) is 0 Å². The number of nitrogens with zero attached hydrogens (tertiary/aromatic N) is 2. The molecule has 0 spiro atoms. The number of rotatable bonds is 3. The van der Waals surface area contributed by atoms with Crippen LogP contribution in [0.1, 0.15) is 10.4 Å². The van der Waals surface area contributed by atoms with E-state index >= 15 is 0 Å². The number of nitrogens with one attached hydrogen (secondary N) is 1. The highest BCUT2D eigenvalue weighted by molar-refractivity contribution is 6.04. The number of aromatic nitrogens is 2. The Hall–Kier alpha value is -2.44. The summed E-state index contributed by atoms with van der Waals surface area (Å²) in [5, 5.41) is 6.31. The summed E-state index contributed by atoms with van der Waals surface area (Å²) in [6.07, 6.45) is 0. The number of ether oxygens (including phenoxy) is 1. The van der Waals surface area contributed by atoms with Gasteiger partial charge in [-0.25, -0.2) is 13.5 Å². The molecule has 0 saturated carbocycles. The van der Waals surface area contributed by atoms with Crippen LogP contribution in [0.5, 0.6) is 5.88 Å². The maximum absolute atomic E-state index is 13.4. The quantitative estimate of drug-likeness (QED) is 0.924. The van der Waals surface area contributed by atoms with Crippen molar-refractivity contribution in [1.82, 2.24) is 9.78 Å². The lowest BCUT2D eigenvalue weighted by atomic mass is 10.2. The molecule has 0 unspecified atom stereocenters. The third-order valence-electron chi connectivity index (χ3n) is 2.48. The Kier molecular flexibility index (Phi) is 3.46. The van der Waals surface area contributed by atoms with Crippen molar-refractivity contribution in [2.24, 2.45) is 7.05 Å². The summed E-state index contributed by atoms with van der Waals surface area (Å²) in [4.78, 5) is 11.8. The van der Waals surface area contributed by atoms with Crippen molar-refractivity contribution in [3.8, 4) is 5.88 Å². The summed E-state index contributed by atoms with van der Waals surface area (Å²) in [5.74, 6) is -2.44. The molecule has 0 radical (unpaired) electrons. The van der Waals surface area contributed by atoms with Crippen molar-refractivity contribution in [1.29, 1.82) is 0 Å². The van der Waals surface area contributed by atoms with Crippen LogP contribution in [0.4, 0.5) is 14.6 Å². The van der Waals surface area contributed by atoms with Crippen LogP contribution in [-0.2, 0) is 7.05 Å². The highest BCUT2D eigenvalue weighted by atomic mass is 19.2. The molecule has 0 aliphatic rings. The average molecular weight is 267 g/mol. The molecule has 1 aromatic carbocycles. The molecule has 1 N–H and O–H groups in total. The molecule has 5 nitrogen and oxygen atoms in total.